The highest BCUT2D eigenvalue weighted by atomic mass is 35.5. The zero-order valence-corrected chi connectivity index (χ0v) is 13.4. The largest absolute Gasteiger partial charge is 0.420 e. The highest BCUT2D eigenvalue weighted by Gasteiger charge is 2.13. The second-order valence-corrected chi connectivity index (χ2v) is 5.92. The molecule has 2 aromatic carbocycles. The quantitative estimate of drug-likeness (QED) is 0.787. The van der Waals surface area contributed by atoms with E-state index in [2.05, 4.69) is 5.32 Å². The van der Waals surface area contributed by atoms with E-state index in [4.69, 9.17) is 16.0 Å². The number of fused-ring (bicyclic) bond motifs is 1. The van der Waals surface area contributed by atoms with Crippen molar-refractivity contribution in [3.63, 3.8) is 0 Å². The van der Waals surface area contributed by atoms with Crippen molar-refractivity contribution in [1.82, 2.24) is 4.57 Å². The summed E-state index contributed by atoms with van der Waals surface area (Å²) in [7, 11) is 0. The molecule has 23 heavy (non-hydrogen) atoms. The zero-order chi connectivity index (χ0) is 16.6. The van der Waals surface area contributed by atoms with E-state index in [0.29, 0.717) is 27.4 Å². The van der Waals surface area contributed by atoms with E-state index in [9.17, 15) is 9.59 Å². The minimum Gasteiger partial charge on any atom is -0.408 e. The van der Waals surface area contributed by atoms with Gasteiger partial charge in [-0.25, -0.2) is 4.79 Å². The van der Waals surface area contributed by atoms with Crippen LogP contribution in [0.5, 0.6) is 0 Å². The summed E-state index contributed by atoms with van der Waals surface area (Å²) in [5.74, 6) is -0.689. The van der Waals surface area contributed by atoms with Gasteiger partial charge in [0.25, 0.3) is 5.91 Å². The Bertz CT molecular complexity index is 940. The highest BCUT2D eigenvalue weighted by Crippen LogP contribution is 2.21. The fourth-order valence-corrected chi connectivity index (χ4v) is 2.63. The molecule has 118 valence electrons. The Morgan fingerprint density at radius 3 is 2.70 bits per heavy atom. The summed E-state index contributed by atoms with van der Waals surface area (Å²) >= 11 is 5.89. The molecule has 0 saturated heterocycles. The van der Waals surface area contributed by atoms with Crippen LogP contribution in [0.3, 0.4) is 0 Å². The lowest BCUT2D eigenvalue weighted by Gasteiger charge is -2.07. The molecule has 6 heteroatoms. The standard InChI is InChI=1S/C17H15ClN2O3/c1-10(2)20-14-7-6-13(9-15(14)23-17(20)22)19-16(21)11-4-3-5-12(18)8-11/h3-10H,1-2H3,(H,19,21). The van der Waals surface area contributed by atoms with Crippen molar-refractivity contribution in [1.29, 1.82) is 0 Å². The van der Waals surface area contributed by atoms with Crippen LogP contribution in [0.1, 0.15) is 30.2 Å². The number of oxazole rings is 1. The summed E-state index contributed by atoms with van der Waals surface area (Å²) in [6, 6.07) is 11.8. The lowest BCUT2D eigenvalue weighted by atomic mass is 10.2. The molecule has 0 spiro atoms. The second kappa shape index (κ2) is 5.93. The number of benzene rings is 2. The number of nitrogens with one attached hydrogen (secondary N) is 1. The van der Waals surface area contributed by atoms with E-state index in [1.165, 1.54) is 0 Å². The van der Waals surface area contributed by atoms with Crippen LogP contribution in [0.4, 0.5) is 5.69 Å². The number of amides is 1. The Kier molecular flexibility index (Phi) is 3.96. The van der Waals surface area contributed by atoms with Crippen LogP contribution in [0.2, 0.25) is 5.02 Å². The van der Waals surface area contributed by atoms with Crippen molar-refractivity contribution >= 4 is 34.3 Å². The first-order chi connectivity index (χ1) is 11.0. The maximum absolute atomic E-state index is 12.2. The summed E-state index contributed by atoms with van der Waals surface area (Å²) in [5.41, 5.74) is 2.14. The fourth-order valence-electron chi connectivity index (χ4n) is 2.44. The third-order valence-corrected chi connectivity index (χ3v) is 3.71. The molecule has 1 N–H and O–H groups in total. The van der Waals surface area contributed by atoms with Gasteiger partial charge in [-0.3, -0.25) is 9.36 Å². The van der Waals surface area contributed by atoms with Crippen molar-refractivity contribution in [2.75, 3.05) is 5.32 Å². The average Bonchev–Trinajstić information content (AvgIpc) is 2.82. The number of hydrogen-bond acceptors (Lipinski definition) is 3. The van der Waals surface area contributed by atoms with E-state index in [1.54, 1.807) is 47.0 Å². The number of anilines is 1. The molecule has 1 heterocycles. The smallest absolute Gasteiger partial charge is 0.408 e. The summed E-state index contributed by atoms with van der Waals surface area (Å²) in [6.07, 6.45) is 0. The van der Waals surface area contributed by atoms with Crippen molar-refractivity contribution in [2.45, 2.75) is 19.9 Å². The van der Waals surface area contributed by atoms with Crippen LogP contribution in [0, 0.1) is 0 Å². The first-order valence-electron chi connectivity index (χ1n) is 7.17. The van der Waals surface area contributed by atoms with Gasteiger partial charge < -0.3 is 9.73 Å². The zero-order valence-electron chi connectivity index (χ0n) is 12.7. The summed E-state index contributed by atoms with van der Waals surface area (Å²) in [5, 5.41) is 3.26. The van der Waals surface area contributed by atoms with Crippen molar-refractivity contribution in [3.8, 4) is 0 Å². The van der Waals surface area contributed by atoms with Crippen molar-refractivity contribution in [3.05, 3.63) is 63.6 Å². The van der Waals surface area contributed by atoms with Crippen LogP contribution in [0.25, 0.3) is 11.1 Å². The Labute approximate surface area is 137 Å². The van der Waals surface area contributed by atoms with Gasteiger partial charge >= 0.3 is 5.76 Å². The van der Waals surface area contributed by atoms with E-state index in [1.807, 2.05) is 13.8 Å². The summed E-state index contributed by atoms with van der Waals surface area (Å²) in [4.78, 5) is 24.1. The first kappa shape index (κ1) is 15.4. The van der Waals surface area contributed by atoms with Gasteiger partial charge in [0.1, 0.15) is 0 Å². The van der Waals surface area contributed by atoms with Crippen LogP contribution >= 0.6 is 11.6 Å². The monoisotopic (exact) mass is 330 g/mol. The van der Waals surface area contributed by atoms with E-state index < -0.39 is 5.76 Å². The fraction of sp³-hybridized carbons (Fsp3) is 0.176. The molecule has 0 fully saturated rings. The van der Waals surface area contributed by atoms with Gasteiger partial charge in [0.15, 0.2) is 5.58 Å². The van der Waals surface area contributed by atoms with Crippen LogP contribution < -0.4 is 11.1 Å². The summed E-state index contributed by atoms with van der Waals surface area (Å²) in [6.45, 7) is 3.82. The molecule has 0 bridgehead atoms. The molecule has 0 radical (unpaired) electrons. The van der Waals surface area contributed by atoms with Crippen LogP contribution in [-0.4, -0.2) is 10.5 Å². The Morgan fingerprint density at radius 2 is 2.00 bits per heavy atom. The number of nitrogens with zero attached hydrogens (tertiary/aromatic N) is 1. The number of carbonyl (C=O) groups is 1. The molecule has 3 aromatic rings. The van der Waals surface area contributed by atoms with Crippen molar-refractivity contribution < 1.29 is 9.21 Å². The molecule has 0 aliphatic heterocycles. The van der Waals surface area contributed by atoms with Crippen LogP contribution in [-0.2, 0) is 0 Å². The van der Waals surface area contributed by atoms with Gasteiger partial charge in [-0.15, -0.1) is 0 Å². The van der Waals surface area contributed by atoms with Gasteiger partial charge in [-0.1, -0.05) is 17.7 Å². The molecule has 5 nitrogen and oxygen atoms in total. The normalized spacial score (nSPS) is 11.1. The lowest BCUT2D eigenvalue weighted by molar-refractivity contribution is 0.102. The minimum atomic E-state index is -0.409. The summed E-state index contributed by atoms with van der Waals surface area (Å²) < 4.78 is 6.81. The van der Waals surface area contributed by atoms with Gasteiger partial charge in [-0.05, 0) is 44.2 Å². The third-order valence-electron chi connectivity index (χ3n) is 3.47. The van der Waals surface area contributed by atoms with E-state index in [-0.39, 0.29) is 11.9 Å². The SMILES string of the molecule is CC(C)n1c(=O)oc2cc(NC(=O)c3cccc(Cl)c3)ccc21. The van der Waals surface area contributed by atoms with Gasteiger partial charge in [0.05, 0.1) is 5.52 Å². The van der Waals surface area contributed by atoms with Crippen LogP contribution in [0.15, 0.2) is 51.7 Å². The maximum atomic E-state index is 12.2. The van der Waals surface area contributed by atoms with E-state index in [0.717, 1.165) is 0 Å². The minimum absolute atomic E-state index is 0.00403. The molecule has 0 aliphatic carbocycles. The topological polar surface area (TPSA) is 64.2 Å². The molecule has 1 amide bonds. The Morgan fingerprint density at radius 1 is 1.22 bits per heavy atom. The molecular formula is C17H15ClN2O3. The number of carbonyl (C=O) groups excluding carboxylic acids is 1. The number of halogens is 1. The molecule has 0 unspecified atom stereocenters. The molecule has 0 atom stereocenters. The second-order valence-electron chi connectivity index (χ2n) is 5.48. The lowest BCUT2D eigenvalue weighted by Crippen LogP contribution is -2.15. The molecular weight excluding hydrogens is 316 g/mol. The Balaban J connectivity index is 1.92. The number of hydrogen-bond donors (Lipinski definition) is 1. The number of rotatable bonds is 3. The molecule has 0 aliphatic rings. The predicted molar refractivity (Wildman–Crippen MR) is 90.3 cm³/mol. The number of aromatic nitrogens is 1. The third kappa shape index (κ3) is 3.00. The maximum Gasteiger partial charge on any atom is 0.420 e. The van der Waals surface area contributed by atoms with Gasteiger partial charge in [0, 0.05) is 28.4 Å². The van der Waals surface area contributed by atoms with Crippen molar-refractivity contribution in [2.24, 2.45) is 0 Å². The molecule has 3 rings (SSSR count). The Hall–Kier alpha value is -2.53. The molecule has 1 aromatic heterocycles. The molecule has 0 saturated carbocycles. The van der Waals surface area contributed by atoms with Gasteiger partial charge in [0.2, 0.25) is 0 Å². The van der Waals surface area contributed by atoms with Gasteiger partial charge in [-0.2, -0.15) is 0 Å². The average molecular weight is 331 g/mol. The first-order valence-corrected chi connectivity index (χ1v) is 7.55. The highest BCUT2D eigenvalue weighted by molar-refractivity contribution is 6.31. The predicted octanol–water partition coefficient (Wildman–Crippen LogP) is 4.08. The van der Waals surface area contributed by atoms with E-state index >= 15 is 0 Å².